The summed E-state index contributed by atoms with van der Waals surface area (Å²) in [5.41, 5.74) is 13.6. The van der Waals surface area contributed by atoms with Gasteiger partial charge in [0, 0.05) is 12.1 Å². The van der Waals surface area contributed by atoms with Crippen molar-refractivity contribution in [1.82, 2.24) is 5.32 Å². The molecule has 0 radical (unpaired) electrons. The van der Waals surface area contributed by atoms with Crippen LogP contribution in [0.2, 0.25) is 0 Å². The van der Waals surface area contributed by atoms with E-state index in [1.807, 2.05) is 30.3 Å². The topological polar surface area (TPSA) is 103 Å². The summed E-state index contributed by atoms with van der Waals surface area (Å²) < 4.78 is 5.13. The Hall–Kier alpha value is -3.02. The SMILES string of the molecule is COc1ccc(CCNC(N)=NCc2cccc(C(N)=O)c2)cc1. The minimum absolute atomic E-state index is 0.369. The molecule has 0 aliphatic rings. The van der Waals surface area contributed by atoms with Gasteiger partial charge in [-0.05, 0) is 41.8 Å². The molecule has 126 valence electrons. The lowest BCUT2D eigenvalue weighted by molar-refractivity contribution is 0.1000. The average molecular weight is 326 g/mol. The number of amides is 1. The first kappa shape index (κ1) is 17.3. The lowest BCUT2D eigenvalue weighted by Gasteiger charge is -2.07. The molecule has 0 unspecified atom stereocenters. The minimum atomic E-state index is -0.452. The van der Waals surface area contributed by atoms with Gasteiger partial charge in [-0.15, -0.1) is 0 Å². The van der Waals surface area contributed by atoms with Gasteiger partial charge in [0.1, 0.15) is 5.75 Å². The fraction of sp³-hybridized carbons (Fsp3) is 0.222. The Kier molecular flexibility index (Phi) is 6.19. The summed E-state index contributed by atoms with van der Waals surface area (Å²) in [4.78, 5) is 15.4. The number of primary amides is 1. The summed E-state index contributed by atoms with van der Waals surface area (Å²) >= 11 is 0. The number of ether oxygens (including phenoxy) is 1. The molecule has 6 nitrogen and oxygen atoms in total. The average Bonchev–Trinajstić information content (AvgIpc) is 2.61. The van der Waals surface area contributed by atoms with Crippen LogP contribution in [-0.2, 0) is 13.0 Å². The Morgan fingerprint density at radius 2 is 1.88 bits per heavy atom. The molecule has 5 N–H and O–H groups in total. The lowest BCUT2D eigenvalue weighted by Crippen LogP contribution is -2.33. The van der Waals surface area contributed by atoms with Crippen LogP contribution in [-0.4, -0.2) is 25.5 Å². The van der Waals surface area contributed by atoms with E-state index < -0.39 is 5.91 Å². The van der Waals surface area contributed by atoms with Crippen LogP contribution in [0.25, 0.3) is 0 Å². The zero-order chi connectivity index (χ0) is 17.4. The van der Waals surface area contributed by atoms with E-state index in [4.69, 9.17) is 16.2 Å². The molecule has 0 saturated heterocycles. The standard InChI is InChI=1S/C18H22N4O2/c1-24-16-7-5-13(6-8-16)9-10-21-18(20)22-12-14-3-2-4-15(11-14)17(19)23/h2-8,11H,9-10,12H2,1H3,(H2,19,23)(H3,20,21,22). The number of nitrogens with one attached hydrogen (secondary N) is 1. The second-order valence-corrected chi connectivity index (χ2v) is 5.29. The molecule has 0 aliphatic carbocycles. The molecular formula is C18H22N4O2. The van der Waals surface area contributed by atoms with Crippen LogP contribution in [0.4, 0.5) is 0 Å². The second-order valence-electron chi connectivity index (χ2n) is 5.29. The zero-order valence-electron chi connectivity index (χ0n) is 13.7. The molecule has 2 rings (SSSR count). The number of aliphatic imine (C=N–C) groups is 1. The number of hydrogen-bond acceptors (Lipinski definition) is 3. The maximum absolute atomic E-state index is 11.1. The van der Waals surface area contributed by atoms with Crippen molar-refractivity contribution in [2.24, 2.45) is 16.5 Å². The van der Waals surface area contributed by atoms with Crippen LogP contribution in [0.15, 0.2) is 53.5 Å². The third-order valence-corrected chi connectivity index (χ3v) is 3.52. The van der Waals surface area contributed by atoms with Crippen molar-refractivity contribution in [3.8, 4) is 5.75 Å². The Labute approximate surface area is 141 Å². The Morgan fingerprint density at radius 1 is 1.12 bits per heavy atom. The van der Waals surface area contributed by atoms with Gasteiger partial charge in [-0.1, -0.05) is 24.3 Å². The summed E-state index contributed by atoms with van der Waals surface area (Å²) in [6.07, 6.45) is 0.831. The van der Waals surface area contributed by atoms with Gasteiger partial charge >= 0.3 is 0 Å². The van der Waals surface area contributed by atoms with Crippen molar-refractivity contribution in [3.63, 3.8) is 0 Å². The Bertz CT molecular complexity index is 711. The van der Waals surface area contributed by atoms with Crippen LogP contribution in [0.3, 0.4) is 0 Å². The van der Waals surface area contributed by atoms with Crippen LogP contribution < -0.4 is 21.5 Å². The predicted molar refractivity (Wildman–Crippen MR) is 95.0 cm³/mol. The van der Waals surface area contributed by atoms with Crippen molar-refractivity contribution < 1.29 is 9.53 Å². The molecule has 0 spiro atoms. The molecule has 24 heavy (non-hydrogen) atoms. The van der Waals surface area contributed by atoms with E-state index in [2.05, 4.69) is 10.3 Å². The first-order chi connectivity index (χ1) is 11.6. The number of carbonyl (C=O) groups is 1. The van der Waals surface area contributed by atoms with Crippen molar-refractivity contribution in [3.05, 3.63) is 65.2 Å². The van der Waals surface area contributed by atoms with E-state index in [0.717, 1.165) is 17.7 Å². The van der Waals surface area contributed by atoms with Gasteiger partial charge in [-0.25, -0.2) is 4.99 Å². The van der Waals surface area contributed by atoms with Crippen LogP contribution in [0.5, 0.6) is 5.75 Å². The highest BCUT2D eigenvalue weighted by Crippen LogP contribution is 2.11. The number of guanidine groups is 1. The number of carbonyl (C=O) groups excluding carboxylic acids is 1. The lowest BCUT2D eigenvalue weighted by atomic mass is 10.1. The molecule has 1 amide bonds. The number of methoxy groups -OCH3 is 1. The van der Waals surface area contributed by atoms with Crippen LogP contribution in [0.1, 0.15) is 21.5 Å². The third kappa shape index (κ3) is 5.31. The van der Waals surface area contributed by atoms with Gasteiger partial charge in [0.25, 0.3) is 0 Å². The number of benzene rings is 2. The van der Waals surface area contributed by atoms with E-state index in [0.29, 0.717) is 24.6 Å². The van der Waals surface area contributed by atoms with Gasteiger partial charge in [0.05, 0.1) is 13.7 Å². The Balaban J connectivity index is 1.81. The van der Waals surface area contributed by atoms with Crippen molar-refractivity contribution in [2.45, 2.75) is 13.0 Å². The molecule has 2 aromatic carbocycles. The molecule has 0 bridgehead atoms. The van der Waals surface area contributed by atoms with E-state index in [-0.39, 0.29) is 0 Å². The molecule has 0 saturated carbocycles. The smallest absolute Gasteiger partial charge is 0.248 e. The van der Waals surface area contributed by atoms with Gasteiger partial charge in [0.2, 0.25) is 5.91 Å². The summed E-state index contributed by atoms with van der Waals surface area (Å²) in [5, 5.41) is 3.07. The van der Waals surface area contributed by atoms with Crippen molar-refractivity contribution in [1.29, 1.82) is 0 Å². The van der Waals surface area contributed by atoms with Gasteiger partial charge in [0.15, 0.2) is 5.96 Å². The summed E-state index contributed by atoms with van der Waals surface area (Å²) in [6, 6.07) is 14.9. The second kappa shape index (κ2) is 8.57. The van der Waals surface area contributed by atoms with Crippen LogP contribution in [0, 0.1) is 0 Å². The molecule has 0 atom stereocenters. The Morgan fingerprint density at radius 3 is 2.54 bits per heavy atom. The van der Waals surface area contributed by atoms with Gasteiger partial charge < -0.3 is 21.5 Å². The van der Waals surface area contributed by atoms with Crippen LogP contribution >= 0.6 is 0 Å². The van der Waals surface area contributed by atoms with Crippen molar-refractivity contribution >= 4 is 11.9 Å². The van der Waals surface area contributed by atoms with E-state index >= 15 is 0 Å². The van der Waals surface area contributed by atoms with Gasteiger partial charge in [-0.3, -0.25) is 4.79 Å². The molecular weight excluding hydrogens is 304 g/mol. The van der Waals surface area contributed by atoms with Gasteiger partial charge in [-0.2, -0.15) is 0 Å². The van der Waals surface area contributed by atoms with E-state index in [1.165, 1.54) is 5.56 Å². The quantitative estimate of drug-likeness (QED) is 0.529. The number of nitrogens with zero attached hydrogens (tertiary/aromatic N) is 1. The number of rotatable bonds is 7. The number of nitrogens with two attached hydrogens (primary N) is 2. The summed E-state index contributed by atoms with van der Waals surface area (Å²) in [5.74, 6) is 0.755. The molecule has 0 fully saturated rings. The monoisotopic (exact) mass is 326 g/mol. The molecule has 0 heterocycles. The fourth-order valence-electron chi connectivity index (χ4n) is 2.18. The fourth-order valence-corrected chi connectivity index (χ4v) is 2.18. The summed E-state index contributed by atoms with van der Waals surface area (Å²) in [6.45, 7) is 1.07. The highest BCUT2D eigenvalue weighted by molar-refractivity contribution is 5.92. The van der Waals surface area contributed by atoms with E-state index in [9.17, 15) is 4.79 Å². The first-order valence-electron chi connectivity index (χ1n) is 7.64. The normalized spacial score (nSPS) is 11.1. The van der Waals surface area contributed by atoms with E-state index in [1.54, 1.807) is 25.3 Å². The minimum Gasteiger partial charge on any atom is -0.497 e. The molecule has 6 heteroatoms. The first-order valence-corrected chi connectivity index (χ1v) is 7.64. The maximum atomic E-state index is 11.1. The largest absolute Gasteiger partial charge is 0.497 e. The third-order valence-electron chi connectivity index (χ3n) is 3.52. The molecule has 0 aromatic heterocycles. The summed E-state index contributed by atoms with van der Waals surface area (Å²) in [7, 11) is 1.65. The molecule has 0 aliphatic heterocycles. The van der Waals surface area contributed by atoms with Crippen molar-refractivity contribution in [2.75, 3.05) is 13.7 Å². The highest BCUT2D eigenvalue weighted by Gasteiger charge is 2.01. The highest BCUT2D eigenvalue weighted by atomic mass is 16.5. The predicted octanol–water partition coefficient (Wildman–Crippen LogP) is 1.44. The maximum Gasteiger partial charge on any atom is 0.248 e. The number of hydrogen-bond donors (Lipinski definition) is 3. The zero-order valence-corrected chi connectivity index (χ0v) is 13.7. The molecule has 2 aromatic rings.